The molecular formula is C24H40NO3PS. The highest BCUT2D eigenvalue weighted by Crippen LogP contribution is 2.68. The van der Waals surface area contributed by atoms with Crippen LogP contribution < -0.4 is 0 Å². The van der Waals surface area contributed by atoms with E-state index < -0.39 is 18.1 Å². The van der Waals surface area contributed by atoms with Gasteiger partial charge in [0.15, 0.2) is 0 Å². The highest BCUT2D eigenvalue weighted by molar-refractivity contribution is 8.05. The summed E-state index contributed by atoms with van der Waals surface area (Å²) in [7, 11) is -3.26. The minimum Gasteiger partial charge on any atom is -0.388 e. The molecule has 1 aliphatic carbocycles. The van der Waals surface area contributed by atoms with Crippen LogP contribution in [0.4, 0.5) is 0 Å². The Hall–Kier alpha value is -0.320. The van der Waals surface area contributed by atoms with Crippen LogP contribution in [0, 0.1) is 11.3 Å². The summed E-state index contributed by atoms with van der Waals surface area (Å²) in [6, 6.07) is 10.2. The first-order valence-electron chi connectivity index (χ1n) is 11.4. The van der Waals surface area contributed by atoms with Gasteiger partial charge in [0.25, 0.3) is 7.52 Å². The Morgan fingerprint density at radius 3 is 2.30 bits per heavy atom. The largest absolute Gasteiger partial charge is 0.388 e. The van der Waals surface area contributed by atoms with Crippen LogP contribution in [0.25, 0.3) is 0 Å². The first-order chi connectivity index (χ1) is 14.0. The Morgan fingerprint density at radius 1 is 1.17 bits per heavy atom. The molecule has 1 aromatic carbocycles. The molecule has 6 heteroatoms. The topological polar surface area (TPSA) is 49.8 Å². The summed E-state index contributed by atoms with van der Waals surface area (Å²) in [4.78, 5) is 0.549. The maximum atomic E-state index is 14.6. The lowest BCUT2D eigenvalue weighted by atomic mass is 9.69. The lowest BCUT2D eigenvalue weighted by molar-refractivity contribution is -0.0196. The molecule has 4 nitrogen and oxygen atoms in total. The van der Waals surface area contributed by atoms with Crippen molar-refractivity contribution in [2.75, 3.05) is 6.54 Å². The minimum absolute atomic E-state index is 0.0563. The summed E-state index contributed by atoms with van der Waals surface area (Å²) < 4.78 is 23.0. The zero-order valence-corrected chi connectivity index (χ0v) is 21.2. The van der Waals surface area contributed by atoms with Crippen LogP contribution in [-0.2, 0) is 9.09 Å². The van der Waals surface area contributed by atoms with E-state index in [1.54, 1.807) is 11.8 Å². The average Bonchev–Trinajstić information content (AvgIpc) is 2.66. The summed E-state index contributed by atoms with van der Waals surface area (Å²) >= 11 is 1.55. The molecule has 1 aromatic rings. The van der Waals surface area contributed by atoms with Gasteiger partial charge in [0.05, 0.1) is 11.7 Å². The van der Waals surface area contributed by atoms with Crippen LogP contribution in [-0.4, -0.2) is 39.1 Å². The molecule has 0 amide bonds. The molecule has 2 aliphatic rings. The SMILES string of the molecule is CC(C)N1CC[C@H](C)O[P@@]1(=O)[C@@H](Sc1ccccc1)C1(O)CCC(C(C)(C)C)CC1. The monoisotopic (exact) mass is 453 g/mol. The molecule has 0 unspecified atom stereocenters. The van der Waals surface area contributed by atoms with Crippen molar-refractivity contribution in [2.45, 2.75) is 101 Å². The molecule has 1 heterocycles. The second-order valence-corrected chi connectivity index (χ2v) is 14.4. The van der Waals surface area contributed by atoms with Gasteiger partial charge in [-0.1, -0.05) is 39.0 Å². The standard InChI is InChI=1S/C24H40NO3PS/c1-18(2)25-17-14-19(3)28-29(25,27)22(30-21-10-8-7-9-11-21)24(26)15-12-20(13-16-24)23(4,5)6/h7-11,18-20,22,26H,12-17H2,1-6H3/t19-,20?,22-,24?,29-/m0/s1. The predicted molar refractivity (Wildman–Crippen MR) is 127 cm³/mol. The van der Waals surface area contributed by atoms with Crippen LogP contribution in [0.5, 0.6) is 0 Å². The average molecular weight is 454 g/mol. The van der Waals surface area contributed by atoms with Crippen LogP contribution in [0.15, 0.2) is 35.2 Å². The highest BCUT2D eigenvalue weighted by atomic mass is 32.2. The maximum Gasteiger partial charge on any atom is 0.288 e. The molecule has 170 valence electrons. The first-order valence-corrected chi connectivity index (χ1v) is 14.0. The number of benzene rings is 1. The van der Waals surface area contributed by atoms with Gasteiger partial charge in [-0.2, -0.15) is 0 Å². The molecule has 3 rings (SSSR count). The number of thioether (sulfide) groups is 1. The molecule has 0 bridgehead atoms. The third-order valence-electron chi connectivity index (χ3n) is 6.87. The molecule has 30 heavy (non-hydrogen) atoms. The van der Waals surface area contributed by atoms with E-state index in [2.05, 4.69) is 34.6 Å². The van der Waals surface area contributed by atoms with E-state index in [0.717, 1.165) is 30.7 Å². The number of rotatable bonds is 5. The predicted octanol–water partition coefficient (Wildman–Crippen LogP) is 6.78. The normalized spacial score (nSPS) is 34.8. The maximum absolute atomic E-state index is 14.6. The van der Waals surface area contributed by atoms with Gasteiger partial charge >= 0.3 is 0 Å². The van der Waals surface area contributed by atoms with Gasteiger partial charge in [0.2, 0.25) is 0 Å². The third kappa shape index (κ3) is 5.18. The number of aliphatic hydroxyl groups is 1. The molecule has 0 radical (unpaired) electrons. The van der Waals surface area contributed by atoms with E-state index >= 15 is 0 Å². The Balaban J connectivity index is 1.97. The molecule has 1 aliphatic heterocycles. The Labute approximate surface area is 187 Å². The van der Waals surface area contributed by atoms with Gasteiger partial charge in [-0.05, 0) is 76.3 Å². The second kappa shape index (κ2) is 9.27. The molecule has 1 N–H and O–H groups in total. The first kappa shape index (κ1) is 24.3. The van der Waals surface area contributed by atoms with Crippen LogP contribution in [0.1, 0.15) is 73.6 Å². The van der Waals surface area contributed by atoms with E-state index in [-0.39, 0.29) is 17.6 Å². The summed E-state index contributed by atoms with van der Waals surface area (Å²) in [5.41, 5.74) is -0.768. The summed E-state index contributed by atoms with van der Waals surface area (Å²) in [5, 5.41) is 12.0. The fourth-order valence-electron chi connectivity index (χ4n) is 4.93. The fraction of sp³-hybridized carbons (Fsp3) is 0.750. The number of nitrogens with zero attached hydrogens (tertiary/aromatic N) is 1. The van der Waals surface area contributed by atoms with Gasteiger partial charge in [0.1, 0.15) is 4.99 Å². The highest BCUT2D eigenvalue weighted by Gasteiger charge is 2.56. The second-order valence-electron chi connectivity index (χ2n) is 10.6. The molecule has 2 fully saturated rings. The number of hydrogen-bond donors (Lipinski definition) is 1. The Kier molecular flexibility index (Phi) is 7.52. The van der Waals surface area contributed by atoms with E-state index in [9.17, 15) is 9.67 Å². The van der Waals surface area contributed by atoms with Crippen molar-refractivity contribution in [3.05, 3.63) is 30.3 Å². The Bertz CT molecular complexity index is 741. The van der Waals surface area contributed by atoms with Crippen molar-refractivity contribution in [2.24, 2.45) is 11.3 Å². The van der Waals surface area contributed by atoms with Crippen molar-refractivity contribution < 1.29 is 14.2 Å². The van der Waals surface area contributed by atoms with Gasteiger partial charge in [0, 0.05) is 17.5 Å². The smallest absolute Gasteiger partial charge is 0.288 e. The van der Waals surface area contributed by atoms with Crippen LogP contribution >= 0.6 is 19.3 Å². The van der Waals surface area contributed by atoms with Crippen molar-refractivity contribution in [1.82, 2.24) is 4.67 Å². The summed E-state index contributed by atoms with van der Waals surface area (Å²) in [6.07, 6.45) is 4.08. The van der Waals surface area contributed by atoms with E-state index in [4.69, 9.17) is 4.52 Å². The van der Waals surface area contributed by atoms with Gasteiger partial charge in [-0.3, -0.25) is 4.57 Å². The third-order valence-corrected chi connectivity index (χ3v) is 12.3. The van der Waals surface area contributed by atoms with Crippen molar-refractivity contribution >= 4 is 19.3 Å². The molecular weight excluding hydrogens is 413 g/mol. The van der Waals surface area contributed by atoms with Crippen molar-refractivity contribution in [3.8, 4) is 0 Å². The zero-order valence-electron chi connectivity index (χ0n) is 19.5. The quantitative estimate of drug-likeness (QED) is 0.393. The number of hydrogen-bond acceptors (Lipinski definition) is 4. The molecule has 0 aromatic heterocycles. The minimum atomic E-state index is -3.26. The van der Waals surface area contributed by atoms with Gasteiger partial charge < -0.3 is 9.63 Å². The summed E-state index contributed by atoms with van der Waals surface area (Å²) in [5.74, 6) is 0.577. The van der Waals surface area contributed by atoms with E-state index in [0.29, 0.717) is 18.8 Å². The van der Waals surface area contributed by atoms with Gasteiger partial charge in [-0.25, -0.2) is 4.67 Å². The molecule has 1 saturated heterocycles. The Morgan fingerprint density at radius 2 is 1.77 bits per heavy atom. The summed E-state index contributed by atoms with van der Waals surface area (Å²) in [6.45, 7) is 13.8. The molecule has 3 atom stereocenters. The fourth-order valence-corrected chi connectivity index (χ4v) is 10.4. The van der Waals surface area contributed by atoms with E-state index in [1.165, 1.54) is 0 Å². The lowest BCUT2D eigenvalue weighted by Gasteiger charge is -2.50. The van der Waals surface area contributed by atoms with Gasteiger partial charge in [-0.15, -0.1) is 11.8 Å². The van der Waals surface area contributed by atoms with Crippen molar-refractivity contribution in [1.29, 1.82) is 0 Å². The van der Waals surface area contributed by atoms with Crippen molar-refractivity contribution in [3.63, 3.8) is 0 Å². The van der Waals surface area contributed by atoms with E-state index in [1.807, 2.05) is 41.9 Å². The molecule has 1 saturated carbocycles. The molecule has 0 spiro atoms. The van der Waals surface area contributed by atoms with Crippen LogP contribution in [0.3, 0.4) is 0 Å². The van der Waals surface area contributed by atoms with Crippen LogP contribution in [0.2, 0.25) is 0 Å². The zero-order chi connectivity index (χ0) is 22.2. The lowest BCUT2D eigenvalue weighted by Crippen LogP contribution is -2.50.